The summed E-state index contributed by atoms with van der Waals surface area (Å²) in [6.07, 6.45) is 3.58. The Labute approximate surface area is 46.1 Å². The van der Waals surface area contributed by atoms with Crippen LogP contribution in [0.2, 0.25) is 0 Å². The van der Waals surface area contributed by atoms with E-state index in [-0.39, 0.29) is 0 Å². The zero-order chi connectivity index (χ0) is 5.82. The van der Waals surface area contributed by atoms with E-state index in [9.17, 15) is 4.39 Å². The minimum Gasteiger partial charge on any atom is -0.444 e. The zero-order valence-electron chi connectivity index (χ0n) is 3.94. The first kappa shape index (κ1) is 4.92. The molecular formula is C6H2FO. The largest absolute Gasteiger partial charge is 0.444 e. The Morgan fingerprint density at radius 2 is 2.62 bits per heavy atom. The highest BCUT2D eigenvalue weighted by molar-refractivity contribution is 5.21. The summed E-state index contributed by atoms with van der Waals surface area (Å²) >= 11 is 0. The van der Waals surface area contributed by atoms with Crippen LogP contribution in [-0.4, -0.2) is 0 Å². The third-order valence-electron chi connectivity index (χ3n) is 0.642. The van der Waals surface area contributed by atoms with Crippen molar-refractivity contribution in [1.82, 2.24) is 0 Å². The molecule has 1 aromatic rings. The van der Waals surface area contributed by atoms with Crippen LogP contribution in [0.25, 0.3) is 0 Å². The molecule has 0 saturated heterocycles. The molecule has 1 rings (SSSR count). The third kappa shape index (κ3) is 0.881. The minimum absolute atomic E-state index is 0.299. The van der Waals surface area contributed by atoms with Gasteiger partial charge in [0.1, 0.15) is 6.17 Å². The molecule has 1 heterocycles. The van der Waals surface area contributed by atoms with Crippen LogP contribution in [-0.2, 0) is 0 Å². The van der Waals surface area contributed by atoms with Gasteiger partial charge in [0, 0.05) is 5.92 Å². The predicted octanol–water partition coefficient (Wildman–Crippen LogP) is 1.36. The Bertz CT molecular complexity index is 202. The summed E-state index contributed by atoms with van der Waals surface area (Å²) in [5.74, 6) is 2.37. The molecule has 0 atom stereocenters. The summed E-state index contributed by atoms with van der Waals surface area (Å²) in [5, 5.41) is 0. The van der Waals surface area contributed by atoms with Gasteiger partial charge in [-0.3, -0.25) is 0 Å². The molecule has 0 aliphatic carbocycles. The number of furan rings is 1. The quantitative estimate of drug-likeness (QED) is 0.458. The van der Waals surface area contributed by atoms with Crippen molar-refractivity contribution in [1.29, 1.82) is 0 Å². The second-order valence-electron chi connectivity index (χ2n) is 1.14. The maximum Gasteiger partial charge on any atom is 0.180 e. The van der Waals surface area contributed by atoms with Crippen molar-refractivity contribution in [2.75, 3.05) is 0 Å². The molecule has 1 radical (unpaired) electrons. The lowest BCUT2D eigenvalue weighted by atomic mass is 10.5. The van der Waals surface area contributed by atoms with E-state index in [4.69, 9.17) is 0 Å². The molecule has 39 valence electrons. The van der Waals surface area contributed by atoms with E-state index in [2.05, 4.69) is 16.6 Å². The van der Waals surface area contributed by atoms with Gasteiger partial charge in [-0.2, -0.15) is 0 Å². The van der Waals surface area contributed by atoms with Crippen LogP contribution in [0.5, 0.6) is 0 Å². The molecule has 0 bridgehead atoms. The highest BCUT2D eigenvalue weighted by atomic mass is 19.1. The smallest absolute Gasteiger partial charge is 0.180 e. The molecule has 0 unspecified atom stereocenters. The first-order chi connectivity index (χ1) is 3.93. The van der Waals surface area contributed by atoms with E-state index >= 15 is 0 Å². The first-order valence-electron chi connectivity index (χ1n) is 2.01. The number of hydrogen-bond acceptors (Lipinski definition) is 1. The van der Waals surface area contributed by atoms with E-state index in [1.807, 2.05) is 0 Å². The second kappa shape index (κ2) is 2.17. The van der Waals surface area contributed by atoms with Gasteiger partial charge in [-0.1, -0.05) is 0 Å². The van der Waals surface area contributed by atoms with Crippen LogP contribution < -0.4 is 0 Å². The van der Waals surface area contributed by atoms with E-state index in [1.54, 1.807) is 0 Å². The average molecular weight is 109 g/mol. The van der Waals surface area contributed by atoms with E-state index < -0.39 is 0 Å². The highest BCUT2D eigenvalue weighted by Crippen LogP contribution is 1.94. The van der Waals surface area contributed by atoms with Crippen molar-refractivity contribution < 1.29 is 8.81 Å². The lowest BCUT2D eigenvalue weighted by molar-refractivity contribution is 0.545. The second-order valence-corrected chi connectivity index (χ2v) is 1.14. The molecule has 1 aromatic heterocycles. The Morgan fingerprint density at radius 3 is 3.12 bits per heavy atom. The summed E-state index contributed by atoms with van der Waals surface area (Å²) in [4.78, 5) is 0. The maximum atomic E-state index is 11.1. The fourth-order valence-corrected chi connectivity index (χ4v) is 0.355. The Balaban J connectivity index is 2.88. The van der Waals surface area contributed by atoms with Gasteiger partial charge in [-0.15, -0.1) is 4.39 Å². The topological polar surface area (TPSA) is 13.1 Å². The fraction of sp³-hybridized carbons (Fsp3) is 0. The molecule has 0 aromatic carbocycles. The van der Waals surface area contributed by atoms with Gasteiger partial charge in [-0.25, -0.2) is 0 Å². The molecule has 0 spiro atoms. The predicted molar refractivity (Wildman–Crippen MR) is 25.5 cm³/mol. The molecule has 0 aliphatic heterocycles. The van der Waals surface area contributed by atoms with Gasteiger partial charge in [-0.05, 0) is 12.1 Å². The molecule has 0 fully saturated rings. The van der Waals surface area contributed by atoms with Crippen molar-refractivity contribution in [3.63, 3.8) is 0 Å². The summed E-state index contributed by atoms with van der Waals surface area (Å²) < 4.78 is 15.7. The van der Waals surface area contributed by atoms with Crippen molar-refractivity contribution in [2.24, 2.45) is 0 Å². The fourth-order valence-electron chi connectivity index (χ4n) is 0.355. The van der Waals surface area contributed by atoms with Crippen LogP contribution >= 0.6 is 0 Å². The Kier molecular flexibility index (Phi) is 1.34. The Hall–Kier alpha value is -1.23. The van der Waals surface area contributed by atoms with Crippen molar-refractivity contribution in [2.45, 2.75) is 0 Å². The van der Waals surface area contributed by atoms with Gasteiger partial charge >= 0.3 is 0 Å². The molecule has 2 heteroatoms. The monoisotopic (exact) mass is 109 g/mol. The SMILES string of the molecule is FC#Cc1cc[c]o1. The summed E-state index contributed by atoms with van der Waals surface area (Å²) in [6.45, 7) is 0. The van der Waals surface area contributed by atoms with Crippen molar-refractivity contribution >= 4 is 0 Å². The summed E-state index contributed by atoms with van der Waals surface area (Å²) in [5.41, 5.74) is 0. The van der Waals surface area contributed by atoms with E-state index in [0.29, 0.717) is 5.76 Å². The molecule has 0 saturated carbocycles. The van der Waals surface area contributed by atoms with Crippen molar-refractivity contribution in [3.05, 3.63) is 24.2 Å². The van der Waals surface area contributed by atoms with Gasteiger partial charge in [0.2, 0.25) is 0 Å². The van der Waals surface area contributed by atoms with Crippen LogP contribution in [0.3, 0.4) is 0 Å². The molecule has 8 heavy (non-hydrogen) atoms. The van der Waals surface area contributed by atoms with Gasteiger partial charge < -0.3 is 4.42 Å². The minimum atomic E-state index is 0.299. The number of halogens is 1. The average Bonchev–Trinajstić information content (AvgIpc) is 2.19. The number of rotatable bonds is 0. The lowest BCUT2D eigenvalue weighted by Gasteiger charge is -1.69. The van der Waals surface area contributed by atoms with Gasteiger partial charge in [0.15, 0.2) is 12.0 Å². The molecular weight excluding hydrogens is 107 g/mol. The molecule has 0 N–H and O–H groups in total. The van der Waals surface area contributed by atoms with Crippen molar-refractivity contribution in [3.8, 4) is 12.1 Å². The maximum absolute atomic E-state index is 11.1. The van der Waals surface area contributed by atoms with E-state index in [1.165, 1.54) is 18.3 Å². The van der Waals surface area contributed by atoms with Crippen LogP contribution in [0.15, 0.2) is 16.5 Å². The highest BCUT2D eigenvalue weighted by Gasteiger charge is 1.84. The summed E-state index contributed by atoms with van der Waals surface area (Å²) in [7, 11) is 0. The molecule has 1 nitrogen and oxygen atoms in total. The third-order valence-corrected chi connectivity index (χ3v) is 0.642. The zero-order valence-corrected chi connectivity index (χ0v) is 3.94. The lowest BCUT2D eigenvalue weighted by Crippen LogP contribution is -1.57. The standard InChI is InChI=1S/C6H2FO/c7-4-3-6-2-1-5-8-6/h1-2H. The normalized spacial score (nSPS) is 7.62. The first-order valence-corrected chi connectivity index (χ1v) is 2.01. The van der Waals surface area contributed by atoms with Crippen LogP contribution in [0.1, 0.15) is 5.76 Å². The van der Waals surface area contributed by atoms with E-state index in [0.717, 1.165) is 0 Å². The Morgan fingerprint density at radius 1 is 1.75 bits per heavy atom. The van der Waals surface area contributed by atoms with Gasteiger partial charge in [0.05, 0.1) is 0 Å². The molecule has 0 amide bonds. The van der Waals surface area contributed by atoms with Crippen LogP contribution in [0.4, 0.5) is 4.39 Å². The summed E-state index contributed by atoms with van der Waals surface area (Å²) in [6, 6.07) is 3.06. The molecule has 0 aliphatic rings. The van der Waals surface area contributed by atoms with Gasteiger partial charge in [0.25, 0.3) is 0 Å². The number of hydrogen-bond donors (Lipinski definition) is 0. The van der Waals surface area contributed by atoms with Crippen LogP contribution in [0, 0.1) is 18.4 Å².